The number of rotatable bonds is 3. The summed E-state index contributed by atoms with van der Waals surface area (Å²) in [4.78, 5) is 1.11. The van der Waals surface area contributed by atoms with Gasteiger partial charge in [-0.3, -0.25) is 0 Å². The normalized spacial score (nSPS) is 13.0. The maximum atomic E-state index is 5.57. The van der Waals surface area contributed by atoms with E-state index < -0.39 is 0 Å². The van der Waals surface area contributed by atoms with Crippen LogP contribution in [0.1, 0.15) is 24.1 Å². The van der Waals surface area contributed by atoms with E-state index in [4.69, 9.17) is 4.42 Å². The van der Waals surface area contributed by atoms with Crippen LogP contribution in [0.3, 0.4) is 0 Å². The van der Waals surface area contributed by atoms with Crippen LogP contribution in [0, 0.1) is 0 Å². The Morgan fingerprint density at radius 2 is 2.33 bits per heavy atom. The van der Waals surface area contributed by atoms with Crippen molar-refractivity contribution in [3.8, 4) is 10.8 Å². The summed E-state index contributed by atoms with van der Waals surface area (Å²) in [6.07, 6.45) is 0.924. The van der Waals surface area contributed by atoms with E-state index in [-0.39, 0.29) is 4.83 Å². The van der Waals surface area contributed by atoms with E-state index in [0.717, 1.165) is 15.8 Å². The predicted octanol–water partition coefficient (Wildman–Crippen LogP) is 4.41. The monoisotopic (exact) mass is 350 g/mol. The molecular weight excluding hydrogens is 344 g/mol. The van der Waals surface area contributed by atoms with Crippen molar-refractivity contribution in [2.45, 2.75) is 18.2 Å². The van der Waals surface area contributed by atoms with E-state index in [9.17, 15) is 0 Å². The molecule has 0 N–H and O–H groups in total. The third kappa shape index (κ3) is 2.32. The highest BCUT2D eigenvalue weighted by molar-refractivity contribution is 9.10. The average Bonchev–Trinajstić information content (AvgIpc) is 2.84. The highest BCUT2D eigenvalue weighted by Gasteiger charge is 2.16. The summed E-state index contributed by atoms with van der Waals surface area (Å²) in [5, 5.41) is 10.0. The van der Waals surface area contributed by atoms with Gasteiger partial charge in [0, 0.05) is 4.47 Å². The molecule has 0 aromatic carbocycles. The molecule has 2 heterocycles. The molecule has 1 unspecified atom stereocenters. The number of alkyl halides is 1. The van der Waals surface area contributed by atoms with Crippen molar-refractivity contribution < 1.29 is 4.42 Å². The zero-order chi connectivity index (χ0) is 10.8. The Balaban J connectivity index is 2.32. The van der Waals surface area contributed by atoms with Gasteiger partial charge < -0.3 is 4.42 Å². The van der Waals surface area contributed by atoms with Crippen molar-refractivity contribution in [2.24, 2.45) is 0 Å². The first-order chi connectivity index (χ1) is 7.22. The van der Waals surface area contributed by atoms with Gasteiger partial charge in [-0.1, -0.05) is 22.9 Å². The molecule has 2 rings (SSSR count). The Labute approximate surface area is 108 Å². The lowest BCUT2D eigenvalue weighted by molar-refractivity contribution is 0.501. The van der Waals surface area contributed by atoms with Gasteiger partial charge in [-0.2, -0.15) is 0 Å². The maximum absolute atomic E-state index is 5.57. The minimum atomic E-state index is 0.137. The standard InChI is InChI=1S/C9H8Br2N2OS/c1-2-5(10)8-12-13-9(14-8)7-6(11)3-4-15-7/h3-5H,2H2,1H3. The second-order valence-corrected chi connectivity index (χ2v) is 5.79. The van der Waals surface area contributed by atoms with E-state index in [1.54, 1.807) is 11.3 Å². The number of thiophene rings is 1. The summed E-state index contributed by atoms with van der Waals surface area (Å²) < 4.78 is 6.56. The molecule has 15 heavy (non-hydrogen) atoms. The average molecular weight is 352 g/mol. The lowest BCUT2D eigenvalue weighted by Crippen LogP contribution is -1.86. The molecule has 1 atom stereocenters. The van der Waals surface area contributed by atoms with Crippen LogP contribution < -0.4 is 0 Å². The van der Waals surface area contributed by atoms with Gasteiger partial charge >= 0.3 is 0 Å². The Kier molecular flexibility index (Phi) is 3.58. The van der Waals surface area contributed by atoms with Crippen molar-refractivity contribution in [2.75, 3.05) is 0 Å². The first kappa shape index (κ1) is 11.3. The molecule has 0 spiro atoms. The summed E-state index contributed by atoms with van der Waals surface area (Å²) in [6, 6.07) is 1.97. The smallest absolute Gasteiger partial charge is 0.258 e. The molecule has 3 nitrogen and oxygen atoms in total. The van der Waals surface area contributed by atoms with Crippen LogP contribution in [0.2, 0.25) is 0 Å². The quantitative estimate of drug-likeness (QED) is 0.769. The molecular formula is C9H8Br2N2OS. The summed E-state index contributed by atoms with van der Waals surface area (Å²) in [6.45, 7) is 2.06. The van der Waals surface area contributed by atoms with Crippen LogP contribution >= 0.6 is 43.2 Å². The first-order valence-corrected chi connectivity index (χ1v) is 7.02. The number of nitrogens with zero attached hydrogens (tertiary/aromatic N) is 2. The number of hydrogen-bond donors (Lipinski definition) is 0. The minimum Gasteiger partial charge on any atom is -0.419 e. The fraction of sp³-hybridized carbons (Fsp3) is 0.333. The van der Waals surface area contributed by atoms with E-state index >= 15 is 0 Å². The minimum absolute atomic E-state index is 0.137. The van der Waals surface area contributed by atoms with E-state index in [2.05, 4.69) is 49.0 Å². The third-order valence-corrected chi connectivity index (χ3v) is 4.74. The highest BCUT2D eigenvalue weighted by atomic mass is 79.9. The zero-order valence-corrected chi connectivity index (χ0v) is 11.9. The van der Waals surface area contributed by atoms with Gasteiger partial charge in [0.2, 0.25) is 5.89 Å². The van der Waals surface area contributed by atoms with Gasteiger partial charge in [0.15, 0.2) is 0 Å². The number of hydrogen-bond acceptors (Lipinski definition) is 4. The van der Waals surface area contributed by atoms with Crippen LogP contribution in [-0.2, 0) is 0 Å². The zero-order valence-electron chi connectivity index (χ0n) is 7.91. The van der Waals surface area contributed by atoms with Gasteiger partial charge in [-0.25, -0.2) is 0 Å². The summed E-state index contributed by atoms with van der Waals surface area (Å²) >= 11 is 8.49. The van der Waals surface area contributed by atoms with Crippen LogP contribution in [0.5, 0.6) is 0 Å². The summed E-state index contributed by atoms with van der Waals surface area (Å²) in [5.41, 5.74) is 0. The molecule has 0 saturated heterocycles. The fourth-order valence-corrected chi connectivity index (χ4v) is 2.72. The van der Waals surface area contributed by atoms with Gasteiger partial charge in [-0.15, -0.1) is 21.5 Å². The molecule has 80 valence electrons. The molecule has 0 bridgehead atoms. The Hall–Kier alpha value is -0.200. The van der Waals surface area contributed by atoms with Crippen LogP contribution in [0.4, 0.5) is 0 Å². The molecule has 0 aliphatic rings. The largest absolute Gasteiger partial charge is 0.419 e. The lowest BCUT2D eigenvalue weighted by Gasteiger charge is -1.97. The van der Waals surface area contributed by atoms with Crippen LogP contribution in [-0.4, -0.2) is 10.2 Å². The molecule has 0 amide bonds. The molecule has 2 aromatic heterocycles. The van der Waals surface area contributed by atoms with Crippen molar-refractivity contribution in [3.63, 3.8) is 0 Å². The SMILES string of the molecule is CCC(Br)c1nnc(-c2sccc2Br)o1. The van der Waals surface area contributed by atoms with Gasteiger partial charge in [0.05, 0.1) is 4.83 Å². The second kappa shape index (κ2) is 4.76. The maximum Gasteiger partial charge on any atom is 0.258 e. The topological polar surface area (TPSA) is 38.9 Å². The van der Waals surface area contributed by atoms with Crippen molar-refractivity contribution in [1.29, 1.82) is 0 Å². The Morgan fingerprint density at radius 1 is 1.53 bits per heavy atom. The third-order valence-electron chi connectivity index (χ3n) is 1.88. The second-order valence-electron chi connectivity index (χ2n) is 2.92. The fourth-order valence-electron chi connectivity index (χ4n) is 1.07. The summed E-state index contributed by atoms with van der Waals surface area (Å²) in [7, 11) is 0. The van der Waals surface area contributed by atoms with E-state index in [1.807, 2.05) is 11.4 Å². The molecule has 0 saturated carbocycles. The molecule has 0 aliphatic carbocycles. The molecule has 0 radical (unpaired) electrons. The lowest BCUT2D eigenvalue weighted by atomic mass is 10.3. The van der Waals surface area contributed by atoms with Crippen molar-refractivity contribution >= 4 is 43.2 Å². The van der Waals surface area contributed by atoms with Crippen LogP contribution in [0.15, 0.2) is 20.3 Å². The number of halogens is 2. The van der Waals surface area contributed by atoms with Crippen molar-refractivity contribution in [3.05, 3.63) is 21.8 Å². The van der Waals surface area contributed by atoms with Crippen molar-refractivity contribution in [1.82, 2.24) is 10.2 Å². The van der Waals surface area contributed by atoms with Gasteiger partial charge in [-0.05, 0) is 33.8 Å². The molecule has 2 aromatic rings. The predicted molar refractivity (Wildman–Crippen MR) is 67.3 cm³/mol. The Morgan fingerprint density at radius 3 is 2.93 bits per heavy atom. The van der Waals surface area contributed by atoms with Crippen LogP contribution in [0.25, 0.3) is 10.8 Å². The summed E-state index contributed by atoms with van der Waals surface area (Å²) in [5.74, 6) is 1.21. The Bertz CT molecular complexity index is 454. The van der Waals surface area contributed by atoms with E-state index in [0.29, 0.717) is 11.8 Å². The number of aromatic nitrogens is 2. The highest BCUT2D eigenvalue weighted by Crippen LogP contribution is 2.34. The van der Waals surface area contributed by atoms with Gasteiger partial charge in [0.25, 0.3) is 5.89 Å². The molecule has 0 fully saturated rings. The van der Waals surface area contributed by atoms with E-state index in [1.165, 1.54) is 0 Å². The molecule has 6 heteroatoms. The van der Waals surface area contributed by atoms with Gasteiger partial charge in [0.1, 0.15) is 4.88 Å². The first-order valence-electron chi connectivity index (χ1n) is 4.43. The molecule has 0 aliphatic heterocycles.